The second kappa shape index (κ2) is 7.16. The molecule has 26 heavy (non-hydrogen) atoms. The Morgan fingerprint density at radius 3 is 3.00 bits per heavy atom. The van der Waals surface area contributed by atoms with E-state index in [1.54, 1.807) is 6.20 Å². The fraction of sp³-hybridized carbons (Fsp3) is 0.474. The molecule has 2 aliphatic rings. The first kappa shape index (κ1) is 16.6. The number of hydrogen-bond acceptors (Lipinski definition) is 5. The Kier molecular flexibility index (Phi) is 4.57. The second-order valence-corrected chi connectivity index (χ2v) is 7.00. The van der Waals surface area contributed by atoms with Crippen LogP contribution in [-0.2, 0) is 11.3 Å². The molecule has 1 saturated heterocycles. The molecule has 0 aromatic carbocycles. The quantitative estimate of drug-likeness (QED) is 0.817. The molecule has 1 amide bonds. The number of rotatable bonds is 4. The maximum absolute atomic E-state index is 11.8. The summed E-state index contributed by atoms with van der Waals surface area (Å²) in [5.74, 6) is 7.11. The highest BCUT2D eigenvalue weighted by Gasteiger charge is 2.28. The summed E-state index contributed by atoms with van der Waals surface area (Å²) in [6.45, 7) is 4.18. The van der Waals surface area contributed by atoms with Crippen molar-refractivity contribution in [3.8, 4) is 11.8 Å². The largest absolute Gasteiger partial charge is 0.354 e. The highest BCUT2D eigenvalue weighted by Crippen LogP contribution is 2.30. The Balaban J connectivity index is 1.37. The summed E-state index contributed by atoms with van der Waals surface area (Å²) < 4.78 is 0. The fourth-order valence-electron chi connectivity index (χ4n) is 3.19. The summed E-state index contributed by atoms with van der Waals surface area (Å²) in [6.07, 6.45) is 5.05. The van der Waals surface area contributed by atoms with Gasteiger partial charge in [0, 0.05) is 42.7 Å². The third kappa shape index (κ3) is 3.85. The van der Waals surface area contributed by atoms with Gasteiger partial charge in [0.25, 0.3) is 5.91 Å². The van der Waals surface area contributed by atoms with Crippen LogP contribution in [0.1, 0.15) is 42.1 Å². The molecule has 2 aromatic rings. The van der Waals surface area contributed by atoms with Gasteiger partial charge in [-0.1, -0.05) is 5.92 Å². The lowest BCUT2D eigenvalue weighted by Crippen LogP contribution is -2.23. The van der Waals surface area contributed by atoms with Crippen LogP contribution in [0.2, 0.25) is 0 Å². The van der Waals surface area contributed by atoms with E-state index in [0.717, 1.165) is 55.1 Å². The maximum atomic E-state index is 11.8. The van der Waals surface area contributed by atoms with E-state index in [0.29, 0.717) is 18.4 Å². The molecule has 134 valence electrons. The molecule has 1 unspecified atom stereocenters. The highest BCUT2D eigenvalue weighted by molar-refractivity contribution is 5.93. The van der Waals surface area contributed by atoms with Gasteiger partial charge in [-0.15, -0.1) is 5.10 Å². The number of nitrogens with zero attached hydrogens (tertiary/aromatic N) is 4. The third-order valence-electron chi connectivity index (χ3n) is 4.86. The Morgan fingerprint density at radius 2 is 2.23 bits per heavy atom. The van der Waals surface area contributed by atoms with E-state index in [-0.39, 0.29) is 5.91 Å². The molecule has 1 aliphatic heterocycles. The topological polar surface area (TPSA) is 86.8 Å². The summed E-state index contributed by atoms with van der Waals surface area (Å²) in [5, 5.41) is 18.6. The molecule has 7 nitrogen and oxygen atoms in total. The first-order chi connectivity index (χ1) is 12.7. The van der Waals surface area contributed by atoms with Crippen molar-refractivity contribution in [3.63, 3.8) is 0 Å². The summed E-state index contributed by atoms with van der Waals surface area (Å²) in [6, 6.07) is 3.99. The van der Waals surface area contributed by atoms with E-state index in [1.165, 1.54) is 0 Å². The predicted octanol–water partition coefficient (Wildman–Crippen LogP) is 1.53. The molecule has 1 atom stereocenters. The average molecular weight is 350 g/mol. The van der Waals surface area contributed by atoms with Crippen LogP contribution in [0.4, 0.5) is 5.82 Å². The minimum absolute atomic E-state index is 0.216. The van der Waals surface area contributed by atoms with Crippen LogP contribution in [0.5, 0.6) is 0 Å². The maximum Gasteiger partial charge on any atom is 0.296 e. The van der Waals surface area contributed by atoms with E-state index >= 15 is 0 Å². The number of aryl methyl sites for hydroxylation is 1. The van der Waals surface area contributed by atoms with Gasteiger partial charge in [0.15, 0.2) is 5.82 Å². The van der Waals surface area contributed by atoms with Crippen LogP contribution >= 0.6 is 0 Å². The summed E-state index contributed by atoms with van der Waals surface area (Å²) >= 11 is 0. The van der Waals surface area contributed by atoms with Gasteiger partial charge in [-0.2, -0.15) is 10.2 Å². The second-order valence-electron chi connectivity index (χ2n) is 7.00. The number of aromatic nitrogens is 4. The van der Waals surface area contributed by atoms with E-state index in [1.807, 2.05) is 19.1 Å². The van der Waals surface area contributed by atoms with Crippen LogP contribution < -0.4 is 10.2 Å². The molecular weight excluding hydrogens is 328 g/mol. The number of H-pyrrole nitrogens is 1. The first-order valence-electron chi connectivity index (χ1n) is 9.06. The van der Waals surface area contributed by atoms with Crippen LogP contribution in [0.3, 0.4) is 0 Å². The van der Waals surface area contributed by atoms with E-state index in [2.05, 4.69) is 42.5 Å². The van der Waals surface area contributed by atoms with Crippen molar-refractivity contribution in [1.82, 2.24) is 25.7 Å². The number of aromatic amines is 1. The van der Waals surface area contributed by atoms with E-state index < -0.39 is 0 Å². The average Bonchev–Trinajstić information content (AvgIpc) is 3.15. The van der Waals surface area contributed by atoms with Crippen LogP contribution in [0.25, 0.3) is 0 Å². The van der Waals surface area contributed by atoms with Crippen molar-refractivity contribution in [2.24, 2.45) is 5.92 Å². The lowest BCUT2D eigenvalue weighted by molar-refractivity contribution is -0.115. The lowest BCUT2D eigenvalue weighted by Gasteiger charge is -2.17. The molecule has 3 heterocycles. The van der Waals surface area contributed by atoms with Gasteiger partial charge in [0.05, 0.1) is 11.9 Å². The van der Waals surface area contributed by atoms with E-state index in [4.69, 9.17) is 0 Å². The summed E-state index contributed by atoms with van der Waals surface area (Å²) in [5.41, 5.74) is 3.03. The number of carbonyl (C=O) groups is 1. The van der Waals surface area contributed by atoms with Crippen molar-refractivity contribution in [2.45, 2.75) is 38.6 Å². The van der Waals surface area contributed by atoms with Crippen LogP contribution in [0, 0.1) is 24.7 Å². The van der Waals surface area contributed by atoms with E-state index in [9.17, 15) is 4.79 Å². The number of nitrogens with one attached hydrogen (secondary N) is 2. The molecule has 7 heteroatoms. The first-order valence-corrected chi connectivity index (χ1v) is 9.06. The summed E-state index contributed by atoms with van der Waals surface area (Å²) in [7, 11) is 0. The Bertz CT molecular complexity index is 843. The molecule has 0 bridgehead atoms. The van der Waals surface area contributed by atoms with Crippen molar-refractivity contribution in [1.29, 1.82) is 0 Å². The number of anilines is 1. The molecule has 2 aromatic heterocycles. The third-order valence-corrected chi connectivity index (χ3v) is 4.86. The molecular formula is C19H22N6O. The molecule has 1 aliphatic carbocycles. The number of amides is 1. The molecule has 0 radical (unpaired) electrons. The van der Waals surface area contributed by atoms with Crippen molar-refractivity contribution in [3.05, 3.63) is 35.3 Å². The van der Waals surface area contributed by atoms with Gasteiger partial charge in [0.2, 0.25) is 0 Å². The zero-order valence-electron chi connectivity index (χ0n) is 14.8. The smallest absolute Gasteiger partial charge is 0.296 e. The number of hydrogen-bond donors (Lipinski definition) is 2. The van der Waals surface area contributed by atoms with Gasteiger partial charge in [-0.05, 0) is 44.2 Å². The Labute approximate surface area is 152 Å². The molecule has 4 rings (SSSR count). The standard InChI is InChI=1S/C19H22N6O/c1-13-2-6-17(23-22-13)25-9-8-15(12-25)19-16(11-21-24-19)10-20-18(26)7-5-14-3-4-14/h2,6,11,14-15H,3-4,8-10,12H2,1H3,(H,20,26)(H,21,24). The van der Waals surface area contributed by atoms with Crippen LogP contribution in [0.15, 0.2) is 18.3 Å². The molecule has 0 spiro atoms. The summed E-state index contributed by atoms with van der Waals surface area (Å²) in [4.78, 5) is 14.1. The predicted molar refractivity (Wildman–Crippen MR) is 97.3 cm³/mol. The Hall–Kier alpha value is -2.88. The van der Waals surface area contributed by atoms with Crippen LogP contribution in [-0.4, -0.2) is 39.4 Å². The molecule has 1 saturated carbocycles. The molecule has 2 N–H and O–H groups in total. The Morgan fingerprint density at radius 1 is 1.35 bits per heavy atom. The zero-order valence-corrected chi connectivity index (χ0v) is 14.8. The molecule has 2 fully saturated rings. The van der Waals surface area contributed by atoms with Gasteiger partial charge >= 0.3 is 0 Å². The normalized spacial score (nSPS) is 19.1. The number of carbonyl (C=O) groups excluding carboxylic acids is 1. The van der Waals surface area contributed by atoms with Gasteiger partial charge in [-0.25, -0.2) is 0 Å². The monoisotopic (exact) mass is 350 g/mol. The van der Waals surface area contributed by atoms with Crippen molar-refractivity contribution < 1.29 is 4.79 Å². The zero-order chi connectivity index (χ0) is 17.9. The highest BCUT2D eigenvalue weighted by atomic mass is 16.1. The fourth-order valence-corrected chi connectivity index (χ4v) is 3.19. The van der Waals surface area contributed by atoms with Gasteiger partial charge < -0.3 is 10.2 Å². The van der Waals surface area contributed by atoms with Crippen molar-refractivity contribution >= 4 is 11.7 Å². The lowest BCUT2D eigenvalue weighted by atomic mass is 10.0. The SMILES string of the molecule is Cc1ccc(N2CCC(c3[nH]ncc3CNC(=O)C#CC3CC3)C2)nn1. The minimum atomic E-state index is -0.216. The van der Waals surface area contributed by atoms with Crippen molar-refractivity contribution in [2.75, 3.05) is 18.0 Å². The minimum Gasteiger partial charge on any atom is -0.354 e. The van der Waals surface area contributed by atoms with Gasteiger partial charge in [-0.3, -0.25) is 9.89 Å². The van der Waals surface area contributed by atoms with Gasteiger partial charge in [0.1, 0.15) is 0 Å².